The molecular formula is C37H50N4O8. The summed E-state index contributed by atoms with van der Waals surface area (Å²) in [6.45, 7) is 6.66. The molecule has 3 amide bonds. The first-order chi connectivity index (χ1) is 23.8. The molecule has 3 fully saturated rings. The number of hydrogen-bond donors (Lipinski definition) is 1. The lowest BCUT2D eigenvalue weighted by Gasteiger charge is -2.36. The van der Waals surface area contributed by atoms with Crippen LogP contribution in [0.3, 0.4) is 0 Å². The first-order valence-corrected chi connectivity index (χ1v) is 17.8. The van der Waals surface area contributed by atoms with Crippen molar-refractivity contribution in [3.8, 4) is 0 Å². The highest BCUT2D eigenvalue weighted by atomic mass is 16.6. The molecule has 0 saturated carbocycles. The second-order valence-electron chi connectivity index (χ2n) is 13.8. The van der Waals surface area contributed by atoms with Crippen molar-refractivity contribution in [1.29, 1.82) is 0 Å². The molecule has 1 N–H and O–H groups in total. The Morgan fingerprint density at radius 2 is 1.71 bits per heavy atom. The zero-order chi connectivity index (χ0) is 34.5. The van der Waals surface area contributed by atoms with E-state index in [0.717, 1.165) is 18.7 Å². The molecule has 0 bridgehead atoms. The molecule has 1 aromatic carbocycles. The molecule has 1 spiro atoms. The summed E-state index contributed by atoms with van der Waals surface area (Å²) in [5, 5.41) is 9.39. The van der Waals surface area contributed by atoms with E-state index >= 15 is 0 Å². The number of aliphatic hydroxyl groups excluding tert-OH is 1. The summed E-state index contributed by atoms with van der Waals surface area (Å²) in [7, 11) is 1.72. The number of nitrogens with zero attached hydrogens (tertiary/aromatic N) is 4. The Hall–Kier alpha value is -3.58. The predicted octanol–water partition coefficient (Wildman–Crippen LogP) is 1.94. The van der Waals surface area contributed by atoms with Crippen LogP contribution < -0.4 is 0 Å². The van der Waals surface area contributed by atoms with Crippen LogP contribution in [0.15, 0.2) is 54.6 Å². The molecule has 3 saturated heterocycles. The zero-order valence-electron chi connectivity index (χ0n) is 28.7. The first kappa shape index (κ1) is 35.3. The third-order valence-corrected chi connectivity index (χ3v) is 10.9. The lowest BCUT2D eigenvalue weighted by atomic mass is 9.77. The number of allylic oxidation sites excluding steroid dienone is 1. The smallest absolute Gasteiger partial charge is 0.313 e. The molecule has 12 nitrogen and oxygen atoms in total. The Morgan fingerprint density at radius 1 is 0.939 bits per heavy atom. The normalized spacial score (nSPS) is 33.3. The first-order valence-electron chi connectivity index (χ1n) is 17.8. The van der Waals surface area contributed by atoms with Gasteiger partial charge in [-0.05, 0) is 38.2 Å². The number of benzene rings is 1. The largest absolute Gasteiger partial charge is 0.455 e. The number of likely N-dealkylation sites (N-methyl/N-ethyl adjacent to an activating group) is 1. The highest BCUT2D eigenvalue weighted by molar-refractivity contribution is 5.99. The van der Waals surface area contributed by atoms with Gasteiger partial charge >= 0.3 is 5.97 Å². The molecule has 12 heteroatoms. The Bertz CT molecular complexity index is 1410. The van der Waals surface area contributed by atoms with E-state index in [1.165, 1.54) is 0 Å². The van der Waals surface area contributed by atoms with Gasteiger partial charge in [-0.15, -0.1) is 0 Å². The Labute approximate surface area is 288 Å². The highest BCUT2D eigenvalue weighted by Crippen LogP contribution is 2.53. The predicted molar refractivity (Wildman–Crippen MR) is 180 cm³/mol. The number of fused-ring (bicyclic) bond motifs is 2. The fraction of sp³-hybridized carbons (Fsp3) is 0.622. The van der Waals surface area contributed by atoms with E-state index in [9.17, 15) is 24.3 Å². The number of rotatable bonds is 9. The zero-order valence-corrected chi connectivity index (χ0v) is 28.7. The van der Waals surface area contributed by atoms with E-state index < -0.39 is 47.7 Å². The third kappa shape index (κ3) is 7.06. The number of aliphatic hydroxyl groups is 1. The average molecular weight is 679 g/mol. The van der Waals surface area contributed by atoms with Gasteiger partial charge in [0.1, 0.15) is 23.7 Å². The van der Waals surface area contributed by atoms with Gasteiger partial charge in [-0.25, -0.2) is 0 Å². The fourth-order valence-electron chi connectivity index (χ4n) is 8.03. The molecule has 0 aliphatic carbocycles. The monoisotopic (exact) mass is 678 g/mol. The van der Waals surface area contributed by atoms with Gasteiger partial charge in [0.25, 0.3) is 0 Å². The van der Waals surface area contributed by atoms with Crippen LogP contribution >= 0.6 is 0 Å². The van der Waals surface area contributed by atoms with Crippen molar-refractivity contribution in [2.75, 3.05) is 66.1 Å². The SMILES string of the molecule is C[C@H]1[C@H](c2ccccc2)OC(=O)[C@@H]2[C@H](/C=C\CCC(=O)N1C)O[C@@]13C=CCN(CCN4CCOCC4)C(=O)[C@@H]1N(CCCCCO)C(=O)[C@@H]23. The maximum Gasteiger partial charge on any atom is 0.313 e. The van der Waals surface area contributed by atoms with E-state index in [1.807, 2.05) is 55.5 Å². The second-order valence-corrected chi connectivity index (χ2v) is 13.8. The van der Waals surface area contributed by atoms with Gasteiger partial charge in [0.15, 0.2) is 0 Å². The van der Waals surface area contributed by atoms with Gasteiger partial charge in [0.05, 0.1) is 31.3 Å². The molecule has 7 atom stereocenters. The average Bonchev–Trinajstić information content (AvgIpc) is 3.50. The molecule has 5 aliphatic heterocycles. The quantitative estimate of drug-likeness (QED) is 0.237. The highest BCUT2D eigenvalue weighted by Gasteiger charge is 2.71. The van der Waals surface area contributed by atoms with E-state index in [2.05, 4.69) is 4.90 Å². The van der Waals surface area contributed by atoms with Gasteiger partial charge in [-0.2, -0.15) is 0 Å². The number of cyclic esters (lactones) is 1. The number of hydrogen-bond acceptors (Lipinski definition) is 9. The molecule has 49 heavy (non-hydrogen) atoms. The fourth-order valence-corrected chi connectivity index (χ4v) is 8.03. The number of likely N-dealkylation sites (tertiary alicyclic amines) is 1. The van der Waals surface area contributed by atoms with Crippen molar-refractivity contribution >= 4 is 23.7 Å². The number of ether oxygens (including phenoxy) is 3. The van der Waals surface area contributed by atoms with Crippen molar-refractivity contribution < 1.29 is 38.5 Å². The molecule has 0 unspecified atom stereocenters. The van der Waals surface area contributed by atoms with Gasteiger partial charge in [-0.3, -0.25) is 24.1 Å². The summed E-state index contributed by atoms with van der Waals surface area (Å²) in [5.74, 6) is -3.16. The van der Waals surface area contributed by atoms with Gasteiger partial charge < -0.3 is 34.0 Å². The van der Waals surface area contributed by atoms with Gasteiger partial charge in [-0.1, -0.05) is 54.6 Å². The number of carbonyl (C=O) groups excluding carboxylic acids is 4. The second kappa shape index (κ2) is 15.5. The molecule has 0 aromatic heterocycles. The van der Waals surface area contributed by atoms with Crippen LogP contribution in [-0.4, -0.2) is 138 Å². The number of morpholine rings is 1. The van der Waals surface area contributed by atoms with Crippen LogP contribution in [0.25, 0.3) is 0 Å². The van der Waals surface area contributed by atoms with Crippen LogP contribution in [0.4, 0.5) is 0 Å². The van der Waals surface area contributed by atoms with Gasteiger partial charge in [0.2, 0.25) is 17.7 Å². The summed E-state index contributed by atoms with van der Waals surface area (Å²) in [4.78, 5) is 64.2. The minimum atomic E-state index is -1.38. The summed E-state index contributed by atoms with van der Waals surface area (Å²) >= 11 is 0. The Morgan fingerprint density at radius 3 is 2.47 bits per heavy atom. The van der Waals surface area contributed by atoms with Crippen molar-refractivity contribution in [3.05, 3.63) is 60.2 Å². The number of amides is 3. The lowest BCUT2D eigenvalue weighted by molar-refractivity contribution is -0.164. The summed E-state index contributed by atoms with van der Waals surface area (Å²) in [6.07, 6.45) is 8.31. The van der Waals surface area contributed by atoms with Crippen molar-refractivity contribution in [2.24, 2.45) is 11.8 Å². The lowest BCUT2D eigenvalue weighted by Crippen LogP contribution is -2.56. The summed E-state index contributed by atoms with van der Waals surface area (Å²) < 4.78 is 18.7. The third-order valence-electron chi connectivity index (χ3n) is 10.9. The van der Waals surface area contributed by atoms with Crippen molar-refractivity contribution in [2.45, 2.75) is 68.9 Å². The van der Waals surface area contributed by atoms with E-state index in [0.29, 0.717) is 65.1 Å². The minimum absolute atomic E-state index is 0.0494. The molecule has 6 rings (SSSR count). The number of esters is 1. The van der Waals surface area contributed by atoms with Crippen LogP contribution in [0.1, 0.15) is 50.7 Å². The molecule has 1 aromatic rings. The van der Waals surface area contributed by atoms with Crippen LogP contribution in [0.5, 0.6) is 0 Å². The molecule has 0 radical (unpaired) electrons. The topological polar surface area (TPSA) is 129 Å². The van der Waals surface area contributed by atoms with Crippen LogP contribution in [0.2, 0.25) is 0 Å². The van der Waals surface area contributed by atoms with Crippen molar-refractivity contribution in [1.82, 2.24) is 19.6 Å². The molecule has 5 aliphatic rings. The standard InChI is InChI=1S/C37H50N4O8/c1-26-32(27-12-5-3-6-13-27)48-36(46)30-28(14-7-8-15-29(43)38(26)2)49-37-16-11-17-40(20-19-39-21-24-47-25-22-39)35(45)33(37)41(34(44)31(30)37)18-9-4-10-23-42/h3,5-7,11-14,16,26,28,30-33,42H,4,8-10,15,17-25H2,1-2H3/b14-7-/t26-,28-,30+,31+,32+,33-,37+/m0/s1. The van der Waals surface area contributed by atoms with Crippen LogP contribution in [-0.2, 0) is 33.4 Å². The minimum Gasteiger partial charge on any atom is -0.455 e. The van der Waals surface area contributed by atoms with E-state index in [1.54, 1.807) is 27.8 Å². The summed E-state index contributed by atoms with van der Waals surface area (Å²) in [5.41, 5.74) is -0.638. The maximum absolute atomic E-state index is 14.7. The molecule has 5 heterocycles. The Balaban J connectivity index is 1.36. The van der Waals surface area contributed by atoms with E-state index in [4.69, 9.17) is 14.2 Å². The number of carbonyl (C=O) groups is 4. The van der Waals surface area contributed by atoms with E-state index in [-0.39, 0.29) is 30.7 Å². The molecule has 266 valence electrons. The van der Waals surface area contributed by atoms with Crippen LogP contribution in [0, 0.1) is 11.8 Å². The van der Waals surface area contributed by atoms with Crippen molar-refractivity contribution in [3.63, 3.8) is 0 Å². The van der Waals surface area contributed by atoms with Gasteiger partial charge in [0, 0.05) is 59.3 Å². The number of unbranched alkanes of at least 4 members (excludes halogenated alkanes) is 2. The maximum atomic E-state index is 14.7. The summed E-state index contributed by atoms with van der Waals surface area (Å²) in [6, 6.07) is 7.90. The Kier molecular flexibility index (Phi) is 11.2. The molecular weight excluding hydrogens is 628 g/mol.